The topological polar surface area (TPSA) is 74.2 Å². The fourth-order valence-electron chi connectivity index (χ4n) is 5.27. The van der Waals surface area contributed by atoms with E-state index in [1.54, 1.807) is 11.8 Å². The number of carbonyl (C=O) groups excluding carboxylic acids is 1. The zero-order valence-corrected chi connectivity index (χ0v) is 15.7. The SMILES string of the molecule is CCCSc1nc(NC)ccc1C(=O)N[C@@H]1[C@@H]2CC3C[C@@](O)(C2)C[C@H]31. The summed E-state index contributed by atoms with van der Waals surface area (Å²) in [6, 6.07) is 3.96. The number of hydrogen-bond acceptors (Lipinski definition) is 5. The summed E-state index contributed by atoms with van der Waals surface area (Å²) in [5, 5.41) is 17.7. The van der Waals surface area contributed by atoms with E-state index in [9.17, 15) is 9.90 Å². The fourth-order valence-corrected chi connectivity index (χ4v) is 6.15. The first kappa shape index (κ1) is 17.2. The summed E-state index contributed by atoms with van der Waals surface area (Å²) in [4.78, 5) is 17.5. The van der Waals surface area contributed by atoms with Crippen LogP contribution in [0.2, 0.25) is 0 Å². The van der Waals surface area contributed by atoms with Crippen molar-refractivity contribution in [3.8, 4) is 0 Å². The largest absolute Gasteiger partial charge is 0.390 e. The van der Waals surface area contributed by atoms with E-state index in [4.69, 9.17) is 0 Å². The van der Waals surface area contributed by atoms with Gasteiger partial charge >= 0.3 is 0 Å². The molecule has 4 saturated carbocycles. The molecule has 6 heteroatoms. The maximum absolute atomic E-state index is 13.0. The lowest BCUT2D eigenvalue weighted by atomic mass is 9.76. The summed E-state index contributed by atoms with van der Waals surface area (Å²) in [6.07, 6.45) is 4.83. The van der Waals surface area contributed by atoms with Gasteiger partial charge in [0.1, 0.15) is 10.8 Å². The van der Waals surface area contributed by atoms with Gasteiger partial charge in [-0.1, -0.05) is 6.92 Å². The number of aliphatic hydroxyl groups is 1. The molecule has 4 aliphatic rings. The molecule has 5 nitrogen and oxygen atoms in total. The number of thioether (sulfide) groups is 1. The van der Waals surface area contributed by atoms with Crippen LogP contribution in [-0.4, -0.2) is 40.4 Å². The second-order valence-electron chi connectivity index (χ2n) is 7.90. The zero-order valence-electron chi connectivity index (χ0n) is 14.9. The van der Waals surface area contributed by atoms with E-state index in [0.29, 0.717) is 23.3 Å². The number of pyridine rings is 1. The maximum atomic E-state index is 13.0. The highest BCUT2D eigenvalue weighted by Gasteiger charge is 2.60. The van der Waals surface area contributed by atoms with Crippen LogP contribution in [0.15, 0.2) is 17.2 Å². The van der Waals surface area contributed by atoms with Crippen molar-refractivity contribution in [1.29, 1.82) is 0 Å². The summed E-state index contributed by atoms with van der Waals surface area (Å²) in [5.41, 5.74) is 0.228. The number of nitrogens with zero attached hydrogens (tertiary/aromatic N) is 1. The van der Waals surface area contributed by atoms with Gasteiger partial charge in [-0.05, 0) is 67.7 Å². The summed E-state index contributed by atoms with van der Waals surface area (Å²) >= 11 is 1.64. The van der Waals surface area contributed by atoms with Crippen molar-refractivity contribution in [1.82, 2.24) is 10.3 Å². The van der Waals surface area contributed by atoms with Gasteiger partial charge < -0.3 is 15.7 Å². The van der Waals surface area contributed by atoms with Crippen molar-refractivity contribution in [2.45, 2.75) is 55.7 Å². The second kappa shape index (κ2) is 6.47. The molecule has 0 radical (unpaired) electrons. The predicted octanol–water partition coefficient (Wildman–Crippen LogP) is 2.90. The molecular weight excluding hydrogens is 334 g/mol. The molecule has 1 unspecified atom stereocenters. The van der Waals surface area contributed by atoms with E-state index in [1.165, 1.54) is 0 Å². The van der Waals surface area contributed by atoms with Crippen LogP contribution in [0.4, 0.5) is 5.82 Å². The van der Waals surface area contributed by atoms with Crippen LogP contribution in [-0.2, 0) is 0 Å². The van der Waals surface area contributed by atoms with Crippen LogP contribution < -0.4 is 10.6 Å². The van der Waals surface area contributed by atoms with Gasteiger partial charge in [-0.2, -0.15) is 0 Å². The first-order valence-corrected chi connectivity index (χ1v) is 10.4. The third-order valence-corrected chi connectivity index (χ3v) is 7.38. The predicted molar refractivity (Wildman–Crippen MR) is 99.9 cm³/mol. The minimum Gasteiger partial charge on any atom is -0.390 e. The molecule has 1 amide bonds. The van der Waals surface area contributed by atoms with E-state index in [0.717, 1.165) is 48.7 Å². The summed E-state index contributed by atoms with van der Waals surface area (Å²) < 4.78 is 0. The molecule has 0 aromatic carbocycles. The van der Waals surface area contributed by atoms with Crippen LogP contribution in [0.1, 0.15) is 49.4 Å². The lowest BCUT2D eigenvalue weighted by Gasteiger charge is -2.38. The number of rotatable bonds is 6. The zero-order chi connectivity index (χ0) is 17.6. The Morgan fingerprint density at radius 2 is 2.16 bits per heavy atom. The molecule has 1 heterocycles. The van der Waals surface area contributed by atoms with Crippen LogP contribution in [0.3, 0.4) is 0 Å². The average molecular weight is 362 g/mol. The van der Waals surface area contributed by atoms with E-state index in [-0.39, 0.29) is 11.9 Å². The molecular formula is C19H27N3O2S. The van der Waals surface area contributed by atoms with Gasteiger partial charge in [-0.15, -0.1) is 11.8 Å². The number of carbonyl (C=O) groups is 1. The molecule has 1 aromatic rings. The third-order valence-electron chi connectivity index (χ3n) is 6.18. The summed E-state index contributed by atoms with van der Waals surface area (Å²) in [7, 11) is 1.84. The van der Waals surface area contributed by atoms with E-state index in [2.05, 4.69) is 22.5 Å². The molecule has 4 fully saturated rings. The minimum atomic E-state index is -0.447. The minimum absolute atomic E-state index is 0.0123. The van der Waals surface area contributed by atoms with Gasteiger partial charge in [0.05, 0.1) is 11.2 Å². The van der Waals surface area contributed by atoms with Crippen molar-refractivity contribution >= 4 is 23.5 Å². The second-order valence-corrected chi connectivity index (χ2v) is 8.99. The van der Waals surface area contributed by atoms with Gasteiger partial charge in [0, 0.05) is 13.1 Å². The van der Waals surface area contributed by atoms with Crippen LogP contribution in [0.5, 0.6) is 0 Å². The lowest BCUT2D eigenvalue weighted by Crippen LogP contribution is -2.48. The van der Waals surface area contributed by atoms with E-state index >= 15 is 0 Å². The monoisotopic (exact) mass is 361 g/mol. The number of aromatic nitrogens is 1. The molecule has 25 heavy (non-hydrogen) atoms. The highest BCUT2D eigenvalue weighted by molar-refractivity contribution is 7.99. The Morgan fingerprint density at radius 3 is 2.88 bits per heavy atom. The van der Waals surface area contributed by atoms with Gasteiger partial charge in [0.2, 0.25) is 0 Å². The van der Waals surface area contributed by atoms with Gasteiger partial charge in [0.15, 0.2) is 0 Å². The van der Waals surface area contributed by atoms with Crippen molar-refractivity contribution in [3.05, 3.63) is 17.7 Å². The molecule has 5 rings (SSSR count). The molecule has 0 aliphatic heterocycles. The molecule has 136 valence electrons. The van der Waals surface area contributed by atoms with Crippen LogP contribution >= 0.6 is 11.8 Å². The quantitative estimate of drug-likeness (QED) is 0.680. The smallest absolute Gasteiger partial charge is 0.254 e. The van der Waals surface area contributed by atoms with E-state index < -0.39 is 5.60 Å². The van der Waals surface area contributed by atoms with Gasteiger partial charge in [0.25, 0.3) is 5.91 Å². The normalized spacial score (nSPS) is 35.2. The Hall–Kier alpha value is -1.27. The van der Waals surface area contributed by atoms with E-state index in [1.807, 2.05) is 19.2 Å². The Balaban J connectivity index is 1.52. The Kier molecular flexibility index (Phi) is 4.44. The Morgan fingerprint density at radius 1 is 1.36 bits per heavy atom. The third kappa shape index (κ3) is 3.04. The molecule has 0 saturated heterocycles. The van der Waals surface area contributed by atoms with Crippen molar-refractivity contribution in [2.24, 2.45) is 17.8 Å². The highest BCUT2D eigenvalue weighted by Crippen LogP contribution is 2.59. The van der Waals surface area contributed by atoms with Gasteiger partial charge in [-0.25, -0.2) is 4.98 Å². The highest BCUT2D eigenvalue weighted by atomic mass is 32.2. The Bertz CT molecular complexity index is 679. The molecule has 4 aliphatic carbocycles. The number of amides is 1. The van der Waals surface area contributed by atoms with Gasteiger partial charge in [-0.3, -0.25) is 4.79 Å². The van der Waals surface area contributed by atoms with Crippen molar-refractivity contribution in [3.63, 3.8) is 0 Å². The summed E-state index contributed by atoms with van der Waals surface area (Å²) in [5.74, 6) is 3.20. The number of hydrogen-bond donors (Lipinski definition) is 3. The molecule has 4 bridgehead atoms. The lowest BCUT2D eigenvalue weighted by molar-refractivity contribution is -0.0192. The number of anilines is 1. The molecule has 5 atom stereocenters. The van der Waals surface area contributed by atoms with Crippen LogP contribution in [0.25, 0.3) is 0 Å². The fraction of sp³-hybridized carbons (Fsp3) is 0.684. The average Bonchev–Trinajstić information content (AvgIpc) is 2.97. The van der Waals surface area contributed by atoms with Crippen molar-refractivity contribution in [2.75, 3.05) is 18.1 Å². The number of nitrogens with one attached hydrogen (secondary N) is 2. The van der Waals surface area contributed by atoms with Crippen molar-refractivity contribution < 1.29 is 9.90 Å². The maximum Gasteiger partial charge on any atom is 0.254 e. The van der Waals surface area contributed by atoms with Crippen LogP contribution in [0, 0.1) is 17.8 Å². The summed E-state index contributed by atoms with van der Waals surface area (Å²) in [6.45, 7) is 2.13. The molecule has 1 aromatic heterocycles. The standard InChI is InChI=1S/C19H27N3O2S/c1-3-6-25-18-13(4-5-15(20-2)21-18)17(23)22-16-12-7-11-8-19(24,9-12)10-14(11)16/h4-5,11-12,14,16,24H,3,6-10H2,1-2H3,(H,20,21)(H,22,23)/t11?,12-,14-,16-,19-/m1/s1. The first-order valence-electron chi connectivity index (χ1n) is 9.38. The molecule has 3 N–H and O–H groups in total. The Labute approximate surface area is 153 Å². The first-order chi connectivity index (χ1) is 12.0. The molecule has 0 spiro atoms.